The number of nitrogens with zero attached hydrogens (tertiary/aromatic N) is 2. The predicted molar refractivity (Wildman–Crippen MR) is 47.9 cm³/mol. The molecule has 0 bridgehead atoms. The summed E-state index contributed by atoms with van der Waals surface area (Å²) in [7, 11) is 0. The molecule has 1 aliphatic rings. The minimum Gasteiger partial charge on any atom is -0.385 e. The van der Waals surface area contributed by atoms with E-state index in [1.807, 2.05) is 18.2 Å². The Morgan fingerprint density at radius 2 is 2.46 bits per heavy atom. The van der Waals surface area contributed by atoms with E-state index in [4.69, 9.17) is 0 Å². The lowest BCUT2D eigenvalue weighted by Crippen LogP contribution is -2.29. The van der Waals surface area contributed by atoms with Crippen LogP contribution in [0, 0.1) is 0 Å². The third-order valence-corrected chi connectivity index (χ3v) is 2.08. The Morgan fingerprint density at radius 3 is 3.08 bits per heavy atom. The molecule has 13 heavy (non-hydrogen) atoms. The van der Waals surface area contributed by atoms with E-state index in [-0.39, 0.29) is 0 Å². The number of H-pyrrole nitrogens is 1. The highest BCUT2D eigenvalue weighted by Gasteiger charge is 2.24. The van der Waals surface area contributed by atoms with Crippen LogP contribution >= 0.6 is 0 Å². The molecule has 0 spiro atoms. The summed E-state index contributed by atoms with van der Waals surface area (Å²) in [6, 6.07) is 0. The van der Waals surface area contributed by atoms with Gasteiger partial charge >= 0.3 is 0 Å². The number of hydrogen-bond acceptors (Lipinski definition) is 3. The zero-order valence-corrected chi connectivity index (χ0v) is 7.14. The topological polar surface area (TPSA) is 61.8 Å². The van der Waals surface area contributed by atoms with Crippen molar-refractivity contribution in [2.24, 2.45) is 0 Å². The predicted octanol–water partition coefficient (Wildman–Crippen LogP) is 0.594. The summed E-state index contributed by atoms with van der Waals surface area (Å²) in [6.45, 7) is 0. The number of nitrogens with one attached hydrogen (secondary N) is 1. The second-order valence-corrected chi connectivity index (χ2v) is 3.23. The first-order valence-electron chi connectivity index (χ1n) is 4.20. The van der Waals surface area contributed by atoms with Gasteiger partial charge in [0.05, 0.1) is 17.5 Å². The highest BCUT2D eigenvalue weighted by atomic mass is 16.3. The fourth-order valence-corrected chi connectivity index (χ4v) is 1.41. The van der Waals surface area contributed by atoms with Gasteiger partial charge in [-0.05, 0) is 6.42 Å². The average Bonchev–Trinajstić information content (AvgIpc) is 2.57. The SMILES string of the molecule is OC1(Cc2cn[nH]n2)C=CC=CC1. The van der Waals surface area contributed by atoms with E-state index < -0.39 is 5.60 Å². The first-order valence-corrected chi connectivity index (χ1v) is 4.20. The number of hydrogen-bond donors (Lipinski definition) is 2. The second-order valence-electron chi connectivity index (χ2n) is 3.23. The molecule has 1 aromatic rings. The lowest BCUT2D eigenvalue weighted by atomic mass is 9.91. The van der Waals surface area contributed by atoms with Gasteiger partial charge < -0.3 is 5.11 Å². The monoisotopic (exact) mass is 177 g/mol. The molecule has 0 radical (unpaired) electrons. The van der Waals surface area contributed by atoms with Crippen LogP contribution in [0.3, 0.4) is 0 Å². The third kappa shape index (κ3) is 1.84. The molecule has 0 saturated carbocycles. The largest absolute Gasteiger partial charge is 0.385 e. The molecule has 68 valence electrons. The van der Waals surface area contributed by atoms with Gasteiger partial charge in [-0.1, -0.05) is 24.3 Å². The van der Waals surface area contributed by atoms with Crippen LogP contribution in [0.2, 0.25) is 0 Å². The number of aromatic nitrogens is 3. The summed E-state index contributed by atoms with van der Waals surface area (Å²) in [5, 5.41) is 20.1. The fourth-order valence-electron chi connectivity index (χ4n) is 1.41. The van der Waals surface area contributed by atoms with Crippen molar-refractivity contribution in [2.75, 3.05) is 0 Å². The molecule has 1 unspecified atom stereocenters. The van der Waals surface area contributed by atoms with Crippen LogP contribution in [0.5, 0.6) is 0 Å². The van der Waals surface area contributed by atoms with Gasteiger partial charge in [-0.25, -0.2) is 0 Å². The van der Waals surface area contributed by atoms with Crippen molar-refractivity contribution in [1.29, 1.82) is 0 Å². The second kappa shape index (κ2) is 3.14. The van der Waals surface area contributed by atoms with Crippen LogP contribution in [0.1, 0.15) is 12.1 Å². The fraction of sp³-hybridized carbons (Fsp3) is 0.333. The quantitative estimate of drug-likeness (QED) is 0.695. The Balaban J connectivity index is 2.09. The minimum atomic E-state index is -0.786. The Bertz CT molecular complexity index is 329. The van der Waals surface area contributed by atoms with Gasteiger partial charge in [0.15, 0.2) is 0 Å². The van der Waals surface area contributed by atoms with Gasteiger partial charge in [0.2, 0.25) is 0 Å². The van der Waals surface area contributed by atoms with Crippen LogP contribution in [0.25, 0.3) is 0 Å². The molecule has 4 nitrogen and oxygen atoms in total. The Hall–Kier alpha value is -1.42. The van der Waals surface area contributed by atoms with Crippen LogP contribution in [-0.4, -0.2) is 26.1 Å². The molecule has 0 amide bonds. The first-order chi connectivity index (χ1) is 6.29. The molecule has 1 aromatic heterocycles. The normalized spacial score (nSPS) is 26.5. The van der Waals surface area contributed by atoms with E-state index in [0.717, 1.165) is 5.69 Å². The molecule has 0 aliphatic heterocycles. The maximum atomic E-state index is 10.0. The number of aliphatic hydroxyl groups is 1. The molecule has 0 saturated heterocycles. The summed E-state index contributed by atoms with van der Waals surface area (Å²) in [5.74, 6) is 0. The lowest BCUT2D eigenvalue weighted by Gasteiger charge is -2.23. The van der Waals surface area contributed by atoms with Gasteiger partial charge in [0, 0.05) is 6.42 Å². The smallest absolute Gasteiger partial charge is 0.0921 e. The van der Waals surface area contributed by atoms with Crippen LogP contribution in [0.4, 0.5) is 0 Å². The standard InChI is InChI=1S/C9H11N3O/c13-9(4-2-1-3-5-9)6-8-7-10-12-11-8/h1-4,7,13H,5-6H2,(H,10,11,12). The summed E-state index contributed by atoms with van der Waals surface area (Å²) in [4.78, 5) is 0. The summed E-state index contributed by atoms with van der Waals surface area (Å²) in [6.07, 6.45) is 10.3. The number of aromatic amines is 1. The van der Waals surface area contributed by atoms with Crippen molar-refractivity contribution in [2.45, 2.75) is 18.4 Å². The number of allylic oxidation sites excluding steroid dienone is 2. The van der Waals surface area contributed by atoms with Crippen molar-refractivity contribution in [1.82, 2.24) is 15.4 Å². The maximum absolute atomic E-state index is 10.0. The number of rotatable bonds is 2. The van der Waals surface area contributed by atoms with Gasteiger partial charge in [-0.3, -0.25) is 0 Å². The maximum Gasteiger partial charge on any atom is 0.0921 e. The highest BCUT2D eigenvalue weighted by molar-refractivity contribution is 5.20. The Kier molecular flexibility index (Phi) is 1.98. The summed E-state index contributed by atoms with van der Waals surface area (Å²) in [5.41, 5.74) is -0.00604. The molecule has 2 rings (SSSR count). The highest BCUT2D eigenvalue weighted by Crippen LogP contribution is 2.21. The first kappa shape index (κ1) is 8.19. The van der Waals surface area contributed by atoms with Crippen molar-refractivity contribution in [3.8, 4) is 0 Å². The summed E-state index contributed by atoms with van der Waals surface area (Å²) < 4.78 is 0. The minimum absolute atomic E-state index is 0.504. The van der Waals surface area contributed by atoms with E-state index in [1.165, 1.54) is 0 Å². The molecular formula is C9H11N3O. The Labute approximate surface area is 76.0 Å². The van der Waals surface area contributed by atoms with Crippen molar-refractivity contribution >= 4 is 0 Å². The van der Waals surface area contributed by atoms with Gasteiger partial charge in [-0.2, -0.15) is 15.4 Å². The van der Waals surface area contributed by atoms with E-state index in [1.54, 1.807) is 12.3 Å². The molecule has 1 aliphatic carbocycles. The van der Waals surface area contributed by atoms with Crippen LogP contribution < -0.4 is 0 Å². The van der Waals surface area contributed by atoms with Crippen molar-refractivity contribution < 1.29 is 5.11 Å². The van der Waals surface area contributed by atoms with Crippen molar-refractivity contribution in [3.63, 3.8) is 0 Å². The molecule has 1 atom stereocenters. The molecule has 1 heterocycles. The van der Waals surface area contributed by atoms with Gasteiger partial charge in [-0.15, -0.1) is 0 Å². The third-order valence-electron chi connectivity index (χ3n) is 2.08. The molecule has 0 aromatic carbocycles. The zero-order chi connectivity index (χ0) is 9.15. The molecular weight excluding hydrogens is 166 g/mol. The Morgan fingerprint density at radius 1 is 1.54 bits per heavy atom. The molecule has 4 heteroatoms. The van der Waals surface area contributed by atoms with Crippen LogP contribution in [-0.2, 0) is 6.42 Å². The van der Waals surface area contributed by atoms with Crippen molar-refractivity contribution in [3.05, 3.63) is 36.2 Å². The van der Waals surface area contributed by atoms with E-state index >= 15 is 0 Å². The lowest BCUT2D eigenvalue weighted by molar-refractivity contribution is 0.0923. The molecule has 0 fully saturated rings. The van der Waals surface area contributed by atoms with E-state index in [2.05, 4.69) is 15.4 Å². The molecule has 2 N–H and O–H groups in total. The average molecular weight is 177 g/mol. The van der Waals surface area contributed by atoms with Gasteiger partial charge in [0.1, 0.15) is 0 Å². The van der Waals surface area contributed by atoms with Crippen LogP contribution in [0.15, 0.2) is 30.5 Å². The van der Waals surface area contributed by atoms with E-state index in [0.29, 0.717) is 12.8 Å². The van der Waals surface area contributed by atoms with Gasteiger partial charge in [0.25, 0.3) is 0 Å². The zero-order valence-electron chi connectivity index (χ0n) is 7.14. The summed E-state index contributed by atoms with van der Waals surface area (Å²) >= 11 is 0. The van der Waals surface area contributed by atoms with E-state index in [9.17, 15) is 5.11 Å².